The molecule has 11 aromatic carbocycles. The van der Waals surface area contributed by atoms with Gasteiger partial charge in [-0.15, -0.1) is 0 Å². The van der Waals surface area contributed by atoms with Crippen LogP contribution in [0.1, 0.15) is 17.5 Å². The number of hydrogen-bond acceptors (Lipinski definition) is 1. The summed E-state index contributed by atoms with van der Waals surface area (Å²) in [5.74, 6) is 0.318. The minimum atomic E-state index is -2.73. The van der Waals surface area contributed by atoms with Gasteiger partial charge in [-0.25, -0.2) is 0 Å². The quantitative estimate of drug-likeness (QED) is 0.0983. The lowest BCUT2D eigenvalue weighted by atomic mass is 9.88. The summed E-state index contributed by atoms with van der Waals surface area (Å²) in [4.78, 5) is 2.42. The van der Waals surface area contributed by atoms with E-state index in [0.717, 1.165) is 22.7 Å². The van der Waals surface area contributed by atoms with Crippen molar-refractivity contribution in [2.24, 2.45) is 0 Å². The van der Waals surface area contributed by atoms with E-state index in [0.29, 0.717) is 5.92 Å². The predicted molar refractivity (Wildman–Crippen MR) is 323 cm³/mol. The second kappa shape index (κ2) is 17.9. The molecule has 0 spiro atoms. The standard InChI is InChI=1S/C72H51N3Si/c1-4-18-58(19-5-1)76(59-20-6-2-7-21-59,60-22-8-3-9-23-60)61-46-44-56(45-47-61)73(54-38-32-50(33-39-54)51-34-42-57(43-35-51)74-68-28-14-10-24-62(68)63-25-11-15-29-69(63)74)55-40-36-52(37-41-55)53-48-66-64-26-12-16-30-70(64)75-71-31-17-13-27-65(71)67(49-53)72(66)75/h1-49,64,70H. The van der Waals surface area contributed by atoms with Crippen LogP contribution in [0, 0.1) is 0 Å². The van der Waals surface area contributed by atoms with Crippen molar-refractivity contribution < 1.29 is 0 Å². The second-order valence-corrected chi connectivity index (χ2v) is 24.2. The second-order valence-electron chi connectivity index (χ2n) is 20.4. The molecule has 2 aliphatic rings. The highest BCUT2D eigenvalue weighted by Crippen LogP contribution is 2.51. The number of allylic oxidation sites excluding steroid dienone is 4. The Morgan fingerprint density at radius 1 is 0.329 bits per heavy atom. The van der Waals surface area contributed by atoms with E-state index in [-0.39, 0.29) is 6.04 Å². The van der Waals surface area contributed by atoms with Gasteiger partial charge in [-0.05, 0) is 127 Å². The SMILES string of the molecule is C1=CC2c3cc(-c4ccc(N(c5ccc(-c6ccc(-n7c8ccccc8c8ccccc87)cc6)cc5)c5ccc([Si](c6ccccc6)(c6ccccc6)c6ccccc6)cc5)cc4)cc4c5ccccc5n(c34)C2C=C1. The molecule has 2 atom stereocenters. The first-order valence-corrected chi connectivity index (χ1v) is 28.5. The first kappa shape index (κ1) is 44.0. The van der Waals surface area contributed by atoms with E-state index >= 15 is 0 Å². The molecule has 15 rings (SSSR count). The zero-order chi connectivity index (χ0) is 50.2. The average molecular weight is 986 g/mol. The van der Waals surface area contributed by atoms with Crippen molar-refractivity contribution >= 4 is 89.5 Å². The molecule has 3 nitrogen and oxygen atoms in total. The topological polar surface area (TPSA) is 13.1 Å². The van der Waals surface area contributed by atoms with Gasteiger partial charge in [0.2, 0.25) is 0 Å². The van der Waals surface area contributed by atoms with Crippen LogP contribution in [0.25, 0.3) is 71.6 Å². The van der Waals surface area contributed by atoms with Crippen LogP contribution >= 0.6 is 0 Å². The summed E-state index contributed by atoms with van der Waals surface area (Å²) in [7, 11) is -2.73. The number of anilines is 3. The molecule has 13 aromatic rings. The lowest BCUT2D eigenvalue weighted by Gasteiger charge is -2.35. The van der Waals surface area contributed by atoms with Gasteiger partial charge in [-0.2, -0.15) is 0 Å². The zero-order valence-corrected chi connectivity index (χ0v) is 42.8. The summed E-state index contributed by atoms with van der Waals surface area (Å²) in [6.45, 7) is 0. The van der Waals surface area contributed by atoms with Gasteiger partial charge >= 0.3 is 0 Å². The largest absolute Gasteiger partial charge is 0.332 e. The van der Waals surface area contributed by atoms with Crippen molar-refractivity contribution in [2.45, 2.75) is 12.0 Å². The number of nitrogens with zero attached hydrogens (tertiary/aromatic N) is 3. The molecule has 4 heteroatoms. The van der Waals surface area contributed by atoms with Gasteiger partial charge in [-0.3, -0.25) is 0 Å². The molecular weight excluding hydrogens is 935 g/mol. The molecule has 2 aromatic heterocycles. The van der Waals surface area contributed by atoms with Crippen molar-refractivity contribution in [1.29, 1.82) is 0 Å². The smallest absolute Gasteiger partial charge is 0.179 e. The van der Waals surface area contributed by atoms with Crippen LogP contribution in [0.4, 0.5) is 17.1 Å². The van der Waals surface area contributed by atoms with Crippen LogP contribution in [0.3, 0.4) is 0 Å². The molecule has 1 aliphatic heterocycles. The summed E-state index contributed by atoms with van der Waals surface area (Å²) in [5, 5.41) is 10.6. The lowest BCUT2D eigenvalue weighted by molar-refractivity contribution is 0.615. The van der Waals surface area contributed by atoms with Crippen molar-refractivity contribution in [2.75, 3.05) is 4.90 Å². The Kier molecular flexibility index (Phi) is 10.4. The van der Waals surface area contributed by atoms with Crippen LogP contribution < -0.4 is 25.6 Å². The Labute approximate surface area is 443 Å². The van der Waals surface area contributed by atoms with Crippen LogP contribution in [-0.4, -0.2) is 17.2 Å². The van der Waals surface area contributed by atoms with E-state index in [1.165, 1.54) is 92.2 Å². The number of benzene rings is 11. The third kappa shape index (κ3) is 6.88. The fourth-order valence-electron chi connectivity index (χ4n) is 13.0. The maximum atomic E-state index is 2.57. The van der Waals surface area contributed by atoms with Crippen molar-refractivity contribution in [3.8, 4) is 27.9 Å². The van der Waals surface area contributed by atoms with Gasteiger partial charge < -0.3 is 14.0 Å². The lowest BCUT2D eigenvalue weighted by Crippen LogP contribution is -2.74. The van der Waals surface area contributed by atoms with E-state index < -0.39 is 8.07 Å². The van der Waals surface area contributed by atoms with Crippen molar-refractivity contribution in [1.82, 2.24) is 9.13 Å². The highest BCUT2D eigenvalue weighted by atomic mass is 28.3. The normalized spacial score (nSPS) is 14.7. The molecule has 0 saturated carbocycles. The fourth-order valence-corrected chi connectivity index (χ4v) is 17.7. The molecule has 3 heterocycles. The van der Waals surface area contributed by atoms with Gasteiger partial charge in [0, 0.05) is 55.7 Å². The Balaban J connectivity index is 0.835. The van der Waals surface area contributed by atoms with E-state index in [9.17, 15) is 0 Å². The van der Waals surface area contributed by atoms with Gasteiger partial charge in [0.15, 0.2) is 8.07 Å². The molecule has 0 radical (unpaired) electrons. The van der Waals surface area contributed by atoms with Crippen LogP contribution in [0.2, 0.25) is 0 Å². The van der Waals surface area contributed by atoms with E-state index in [2.05, 4.69) is 311 Å². The van der Waals surface area contributed by atoms with Crippen molar-refractivity contribution in [3.63, 3.8) is 0 Å². The summed E-state index contributed by atoms with van der Waals surface area (Å²) in [6.07, 6.45) is 9.18. The molecule has 1 aliphatic carbocycles. The Bertz CT molecular complexity index is 4210. The maximum absolute atomic E-state index is 2.73. The highest BCUT2D eigenvalue weighted by Gasteiger charge is 2.41. The van der Waals surface area contributed by atoms with Gasteiger partial charge in [0.05, 0.1) is 22.6 Å². The fraction of sp³-hybridized carbons (Fsp3) is 0.0278. The Hall–Kier alpha value is -9.48. The molecular formula is C72H51N3Si. The number of hydrogen-bond donors (Lipinski definition) is 0. The summed E-state index contributed by atoms with van der Waals surface area (Å²) in [6, 6.07) is 102. The van der Waals surface area contributed by atoms with Crippen molar-refractivity contribution in [3.05, 3.63) is 303 Å². The molecule has 0 amide bonds. The number of para-hydroxylation sites is 3. The molecule has 0 bridgehead atoms. The van der Waals surface area contributed by atoms with Gasteiger partial charge in [-0.1, -0.05) is 218 Å². The number of rotatable bonds is 10. The summed E-state index contributed by atoms with van der Waals surface area (Å²) in [5.41, 5.74) is 15.7. The Morgan fingerprint density at radius 3 is 1.26 bits per heavy atom. The van der Waals surface area contributed by atoms with Gasteiger partial charge in [0.1, 0.15) is 0 Å². The first-order valence-electron chi connectivity index (χ1n) is 26.5. The Morgan fingerprint density at radius 2 is 0.737 bits per heavy atom. The molecule has 358 valence electrons. The molecule has 0 saturated heterocycles. The number of fused-ring (bicyclic) bond motifs is 9. The zero-order valence-electron chi connectivity index (χ0n) is 41.8. The van der Waals surface area contributed by atoms with Crippen LogP contribution in [0.15, 0.2) is 297 Å². The molecule has 76 heavy (non-hydrogen) atoms. The van der Waals surface area contributed by atoms with Gasteiger partial charge in [0.25, 0.3) is 0 Å². The van der Waals surface area contributed by atoms with Crippen LogP contribution in [-0.2, 0) is 0 Å². The molecule has 2 unspecified atom stereocenters. The van der Waals surface area contributed by atoms with Crippen LogP contribution in [0.5, 0.6) is 0 Å². The minimum absolute atomic E-state index is 0.290. The third-order valence-electron chi connectivity index (χ3n) is 16.4. The molecule has 0 fully saturated rings. The third-order valence-corrected chi connectivity index (χ3v) is 21.2. The summed E-state index contributed by atoms with van der Waals surface area (Å²) < 4.78 is 4.95. The van der Waals surface area contributed by atoms with E-state index in [4.69, 9.17) is 0 Å². The monoisotopic (exact) mass is 985 g/mol. The average Bonchev–Trinajstić information content (AvgIpc) is 4.25. The van der Waals surface area contributed by atoms with E-state index in [1.807, 2.05) is 0 Å². The van der Waals surface area contributed by atoms with E-state index in [1.54, 1.807) is 0 Å². The number of aromatic nitrogens is 2. The first-order chi connectivity index (χ1) is 37.7. The minimum Gasteiger partial charge on any atom is -0.332 e. The molecule has 0 N–H and O–H groups in total. The maximum Gasteiger partial charge on any atom is 0.179 e. The highest BCUT2D eigenvalue weighted by molar-refractivity contribution is 7.19. The predicted octanol–water partition coefficient (Wildman–Crippen LogP) is 15.8. The summed E-state index contributed by atoms with van der Waals surface area (Å²) >= 11 is 0.